The van der Waals surface area contributed by atoms with Gasteiger partial charge >= 0.3 is 6.18 Å². The summed E-state index contributed by atoms with van der Waals surface area (Å²) in [5.41, 5.74) is 3.60. The van der Waals surface area contributed by atoms with Crippen LogP contribution in [0.4, 0.5) is 13.2 Å². The molecular formula is C23H22F3NO6. The van der Waals surface area contributed by atoms with E-state index >= 15 is 0 Å². The smallest absolute Gasteiger partial charge is 0.430 e. The van der Waals surface area contributed by atoms with Crippen molar-refractivity contribution < 1.29 is 46.6 Å². The van der Waals surface area contributed by atoms with Gasteiger partial charge < -0.3 is 28.8 Å². The maximum Gasteiger partial charge on any atom is 0.430 e. The average molecular weight is 465 g/mol. The third kappa shape index (κ3) is 4.74. The van der Waals surface area contributed by atoms with Gasteiger partial charge in [0.15, 0.2) is 35.7 Å². The topological polar surface area (TPSA) is 80.9 Å². The van der Waals surface area contributed by atoms with E-state index in [0.717, 1.165) is 52.4 Å². The maximum absolute atomic E-state index is 10.5. The monoisotopic (exact) mass is 465 g/mol. The Labute approximate surface area is 187 Å². The number of carbonyl (C=O) groups excluding carboxylic acids is 1. The van der Waals surface area contributed by atoms with Crippen LogP contribution in [-0.4, -0.2) is 40.6 Å². The molecule has 0 saturated heterocycles. The molecule has 33 heavy (non-hydrogen) atoms. The second kappa shape index (κ2) is 9.43. The molecule has 1 aromatic heterocycles. The molecule has 2 heterocycles. The largest absolute Gasteiger partial charge is 0.542 e. The number of aliphatic carboxylic acids is 1. The predicted molar refractivity (Wildman–Crippen MR) is 111 cm³/mol. The van der Waals surface area contributed by atoms with Gasteiger partial charge in [0.1, 0.15) is 5.97 Å². The molecule has 0 unspecified atom stereocenters. The first-order chi connectivity index (χ1) is 15.6. The van der Waals surface area contributed by atoms with Crippen molar-refractivity contribution in [3.05, 3.63) is 42.1 Å². The molecule has 176 valence electrons. The van der Waals surface area contributed by atoms with Crippen LogP contribution >= 0.6 is 0 Å². The van der Waals surface area contributed by atoms with Gasteiger partial charge in [-0.05, 0) is 35.2 Å². The zero-order valence-corrected chi connectivity index (χ0v) is 18.4. The van der Waals surface area contributed by atoms with Crippen LogP contribution in [0.5, 0.6) is 23.0 Å². The van der Waals surface area contributed by atoms with Crippen LogP contribution < -0.4 is 28.6 Å². The SMILES string of the molecule is COc1cc2c(cc1OC)-c1cc3ccc(OC)c(OC)c3c[n+]1CC2.O=C([O-])C(F)(F)F. The number of carboxylic acids is 1. The number of halogens is 3. The first-order valence-electron chi connectivity index (χ1n) is 9.76. The van der Waals surface area contributed by atoms with Gasteiger partial charge in [0.2, 0.25) is 5.69 Å². The molecule has 0 radical (unpaired) electrons. The van der Waals surface area contributed by atoms with Crippen LogP contribution in [0, 0.1) is 0 Å². The molecule has 10 heteroatoms. The zero-order chi connectivity index (χ0) is 24.3. The highest BCUT2D eigenvalue weighted by Crippen LogP contribution is 2.39. The number of benzene rings is 2. The lowest BCUT2D eigenvalue weighted by Crippen LogP contribution is -2.40. The van der Waals surface area contributed by atoms with Gasteiger partial charge in [-0.25, -0.2) is 0 Å². The number of carbonyl (C=O) groups is 1. The van der Waals surface area contributed by atoms with Crippen molar-refractivity contribution in [1.82, 2.24) is 0 Å². The van der Waals surface area contributed by atoms with Crippen molar-refractivity contribution >= 4 is 16.7 Å². The molecule has 1 aliphatic heterocycles. The fourth-order valence-electron chi connectivity index (χ4n) is 3.71. The van der Waals surface area contributed by atoms with Gasteiger partial charge in [-0.1, -0.05) is 0 Å². The van der Waals surface area contributed by atoms with Crippen LogP contribution in [0.3, 0.4) is 0 Å². The van der Waals surface area contributed by atoms with E-state index in [2.05, 4.69) is 35.0 Å². The summed E-state index contributed by atoms with van der Waals surface area (Å²) in [5.74, 6) is 0.00748. The number of nitrogens with zero attached hydrogens (tertiary/aromatic N) is 1. The molecule has 3 aromatic rings. The Kier molecular flexibility index (Phi) is 6.85. The Hall–Kier alpha value is -3.69. The Balaban J connectivity index is 0.000000383. The molecule has 0 spiro atoms. The molecule has 1 aliphatic rings. The highest BCUT2D eigenvalue weighted by atomic mass is 19.4. The minimum Gasteiger partial charge on any atom is -0.542 e. The molecule has 0 amide bonds. The van der Waals surface area contributed by atoms with Crippen molar-refractivity contribution in [2.45, 2.75) is 19.1 Å². The van der Waals surface area contributed by atoms with Gasteiger partial charge in [-0.15, -0.1) is 0 Å². The van der Waals surface area contributed by atoms with Gasteiger partial charge in [-0.3, -0.25) is 0 Å². The Morgan fingerprint density at radius 2 is 1.55 bits per heavy atom. The van der Waals surface area contributed by atoms with Gasteiger partial charge in [0.25, 0.3) is 0 Å². The lowest BCUT2D eigenvalue weighted by Gasteiger charge is -2.19. The Bertz CT molecular complexity index is 1190. The molecule has 0 atom stereocenters. The van der Waals surface area contributed by atoms with Gasteiger partial charge in [-0.2, -0.15) is 17.7 Å². The molecule has 2 aromatic carbocycles. The second-order valence-corrected chi connectivity index (χ2v) is 7.06. The summed E-state index contributed by atoms with van der Waals surface area (Å²) in [6.45, 7) is 0.897. The number of carboxylic acid groups (broad SMARTS) is 1. The van der Waals surface area contributed by atoms with Crippen LogP contribution in [0.2, 0.25) is 0 Å². The number of fused-ring (bicyclic) bond motifs is 4. The molecule has 0 aliphatic carbocycles. The lowest BCUT2D eigenvalue weighted by molar-refractivity contribution is -0.686. The second-order valence-electron chi connectivity index (χ2n) is 7.06. The highest BCUT2D eigenvalue weighted by molar-refractivity contribution is 5.91. The average Bonchev–Trinajstić information content (AvgIpc) is 2.80. The third-order valence-corrected chi connectivity index (χ3v) is 5.24. The number of aryl methyl sites for hydroxylation is 2. The maximum atomic E-state index is 10.5. The van der Waals surface area contributed by atoms with E-state index in [0.29, 0.717) is 0 Å². The first-order valence-corrected chi connectivity index (χ1v) is 9.76. The number of hydrogen-bond donors (Lipinski definition) is 0. The molecule has 0 bridgehead atoms. The highest BCUT2D eigenvalue weighted by Gasteiger charge is 2.29. The van der Waals surface area contributed by atoms with Crippen molar-refractivity contribution in [3.8, 4) is 34.3 Å². The van der Waals surface area contributed by atoms with E-state index in [1.165, 1.54) is 11.1 Å². The van der Waals surface area contributed by atoms with E-state index in [-0.39, 0.29) is 0 Å². The number of pyridine rings is 1. The summed E-state index contributed by atoms with van der Waals surface area (Å²) in [4.78, 5) is 8.78. The molecule has 7 nitrogen and oxygen atoms in total. The normalized spacial score (nSPS) is 12.1. The lowest BCUT2D eigenvalue weighted by atomic mass is 9.95. The van der Waals surface area contributed by atoms with Crippen molar-refractivity contribution in [2.24, 2.45) is 0 Å². The first kappa shape index (κ1) is 24.0. The predicted octanol–water partition coefficient (Wildman–Crippen LogP) is 2.68. The van der Waals surface area contributed by atoms with E-state index in [4.69, 9.17) is 28.8 Å². The summed E-state index contributed by atoms with van der Waals surface area (Å²) < 4.78 is 55.8. The van der Waals surface area contributed by atoms with E-state index in [1.807, 2.05) is 6.07 Å². The molecule has 4 rings (SSSR count). The Morgan fingerprint density at radius 3 is 2.09 bits per heavy atom. The number of hydrogen-bond acceptors (Lipinski definition) is 6. The summed E-state index contributed by atoms with van der Waals surface area (Å²) in [5, 5.41) is 10.9. The number of ether oxygens (including phenoxy) is 4. The van der Waals surface area contributed by atoms with E-state index in [9.17, 15) is 13.2 Å². The number of alkyl halides is 3. The van der Waals surface area contributed by atoms with Crippen molar-refractivity contribution in [1.29, 1.82) is 0 Å². The molecule has 0 N–H and O–H groups in total. The minimum absolute atomic E-state index is 0.739. The number of rotatable bonds is 4. The van der Waals surface area contributed by atoms with Crippen LogP contribution in [0.25, 0.3) is 22.0 Å². The zero-order valence-electron chi connectivity index (χ0n) is 18.4. The summed E-state index contributed by atoms with van der Waals surface area (Å²) in [7, 11) is 6.67. The van der Waals surface area contributed by atoms with Crippen LogP contribution in [0.15, 0.2) is 36.5 Å². The van der Waals surface area contributed by atoms with Crippen molar-refractivity contribution in [2.75, 3.05) is 28.4 Å². The van der Waals surface area contributed by atoms with E-state index in [1.54, 1.807) is 28.4 Å². The van der Waals surface area contributed by atoms with Crippen LogP contribution in [-0.2, 0) is 17.8 Å². The number of methoxy groups -OCH3 is 4. The third-order valence-electron chi connectivity index (χ3n) is 5.24. The molecule has 0 fully saturated rings. The van der Waals surface area contributed by atoms with Crippen LogP contribution in [0.1, 0.15) is 5.56 Å². The van der Waals surface area contributed by atoms with Crippen molar-refractivity contribution in [3.63, 3.8) is 0 Å². The number of aromatic nitrogens is 1. The summed E-state index contributed by atoms with van der Waals surface area (Å²) >= 11 is 0. The quantitative estimate of drug-likeness (QED) is 0.552. The van der Waals surface area contributed by atoms with E-state index < -0.39 is 12.1 Å². The standard InChI is InChI=1S/C21H22NO4.C2HF3O2/c1-23-18-6-5-13-9-17-15-11-20(25-3)19(24-2)10-14(15)7-8-22(17)12-16(13)21(18)26-4;3-2(4,5)1(6)7/h5-6,9-12H,7-8H2,1-4H3;(H,6,7)/q+1;/p-1. The molecule has 0 saturated carbocycles. The fraction of sp³-hybridized carbons (Fsp3) is 0.304. The minimum atomic E-state index is -5.19. The molecular weight excluding hydrogens is 443 g/mol. The van der Waals surface area contributed by atoms with Gasteiger partial charge in [0, 0.05) is 12.5 Å². The fourth-order valence-corrected chi connectivity index (χ4v) is 3.71. The van der Waals surface area contributed by atoms with Gasteiger partial charge in [0.05, 0.1) is 39.4 Å². The summed E-state index contributed by atoms with van der Waals surface area (Å²) in [6, 6.07) is 10.3. The Morgan fingerprint density at radius 1 is 0.939 bits per heavy atom. The summed E-state index contributed by atoms with van der Waals surface area (Å²) in [6.07, 6.45) is -2.11.